The van der Waals surface area contributed by atoms with Gasteiger partial charge in [0, 0.05) is 11.1 Å². The van der Waals surface area contributed by atoms with Gasteiger partial charge in [-0.25, -0.2) is 15.2 Å². The minimum absolute atomic E-state index is 0.0204. The molecule has 4 N–H and O–H groups in total. The molecule has 1 aromatic carbocycles. The molecule has 0 aliphatic heterocycles. The van der Waals surface area contributed by atoms with Crippen molar-refractivity contribution in [3.05, 3.63) is 34.7 Å². The molecule has 6 nitrogen and oxygen atoms in total. The number of aromatic nitrogens is 2. The summed E-state index contributed by atoms with van der Waals surface area (Å²) < 4.78 is 18.9. The van der Waals surface area contributed by atoms with Crippen LogP contribution in [0.4, 0.5) is 21.8 Å². The van der Waals surface area contributed by atoms with Crippen LogP contribution in [0.25, 0.3) is 0 Å². The Bertz CT molecular complexity index is 637. The maximum absolute atomic E-state index is 13.7. The highest BCUT2D eigenvalue weighted by Crippen LogP contribution is 2.33. The molecule has 20 heavy (non-hydrogen) atoms. The molecule has 106 valence electrons. The van der Waals surface area contributed by atoms with Gasteiger partial charge in [0.2, 0.25) is 5.95 Å². The zero-order valence-electron chi connectivity index (χ0n) is 10.9. The zero-order valence-corrected chi connectivity index (χ0v) is 11.6. The van der Waals surface area contributed by atoms with E-state index < -0.39 is 5.82 Å². The molecular formula is C12H13ClFN5O. The molecule has 1 heterocycles. The van der Waals surface area contributed by atoms with Crippen molar-refractivity contribution in [1.82, 2.24) is 9.97 Å². The smallest absolute Gasteiger partial charge is 0.239 e. The van der Waals surface area contributed by atoms with Crippen LogP contribution >= 0.6 is 11.6 Å². The molecule has 0 amide bonds. The quantitative estimate of drug-likeness (QED) is 0.594. The van der Waals surface area contributed by atoms with E-state index in [1.165, 1.54) is 7.11 Å². The highest BCUT2D eigenvalue weighted by molar-refractivity contribution is 6.31. The normalized spacial score (nSPS) is 10.2. The molecule has 0 spiro atoms. The van der Waals surface area contributed by atoms with Gasteiger partial charge in [-0.05, 0) is 18.6 Å². The number of hydrogen-bond donors (Lipinski definition) is 3. The Kier molecular flexibility index (Phi) is 4.21. The first-order valence-corrected chi connectivity index (χ1v) is 6.03. The molecule has 0 bridgehead atoms. The number of ether oxygens (including phenoxy) is 1. The summed E-state index contributed by atoms with van der Waals surface area (Å²) in [5.41, 5.74) is 3.61. The van der Waals surface area contributed by atoms with Gasteiger partial charge < -0.3 is 10.1 Å². The standard InChI is InChI=1S/C12H13ClFN5O/c1-6-3-9(10(20-2)4-7(6)13)17-11-8(14)5-16-12(18-11)19-15/h3-5H,15H2,1-2H3,(H2,16,17,18,19). The van der Waals surface area contributed by atoms with E-state index in [1.54, 1.807) is 12.1 Å². The first-order valence-electron chi connectivity index (χ1n) is 5.65. The zero-order chi connectivity index (χ0) is 14.7. The van der Waals surface area contributed by atoms with Crippen molar-refractivity contribution in [2.75, 3.05) is 17.9 Å². The first kappa shape index (κ1) is 14.3. The van der Waals surface area contributed by atoms with E-state index in [2.05, 4.69) is 20.7 Å². The first-order chi connectivity index (χ1) is 9.55. The summed E-state index contributed by atoms with van der Waals surface area (Å²) in [6.07, 6.45) is 1.01. The number of nitrogens with one attached hydrogen (secondary N) is 2. The minimum atomic E-state index is -0.612. The largest absolute Gasteiger partial charge is 0.495 e. The van der Waals surface area contributed by atoms with Gasteiger partial charge >= 0.3 is 0 Å². The third-order valence-corrected chi connectivity index (χ3v) is 3.01. The van der Waals surface area contributed by atoms with Crippen molar-refractivity contribution in [3.8, 4) is 5.75 Å². The summed E-state index contributed by atoms with van der Waals surface area (Å²) in [4.78, 5) is 7.55. The number of benzene rings is 1. The monoisotopic (exact) mass is 297 g/mol. The van der Waals surface area contributed by atoms with E-state index in [4.69, 9.17) is 22.2 Å². The Labute approximate surface area is 120 Å². The molecule has 0 radical (unpaired) electrons. The second kappa shape index (κ2) is 5.89. The fraction of sp³-hybridized carbons (Fsp3) is 0.167. The number of nitrogens with two attached hydrogens (primary N) is 1. The Morgan fingerprint density at radius 3 is 2.80 bits per heavy atom. The Morgan fingerprint density at radius 1 is 1.40 bits per heavy atom. The maximum atomic E-state index is 13.7. The highest BCUT2D eigenvalue weighted by Gasteiger charge is 2.11. The van der Waals surface area contributed by atoms with Crippen LogP contribution < -0.4 is 21.3 Å². The number of hydrogen-bond acceptors (Lipinski definition) is 6. The number of halogens is 2. The fourth-order valence-electron chi connectivity index (χ4n) is 1.58. The Morgan fingerprint density at radius 2 is 2.15 bits per heavy atom. The predicted molar refractivity (Wildman–Crippen MR) is 75.8 cm³/mol. The number of aryl methyl sites for hydroxylation is 1. The summed E-state index contributed by atoms with van der Waals surface area (Å²) in [5.74, 6) is 5.13. The number of methoxy groups -OCH3 is 1. The van der Waals surface area contributed by atoms with Gasteiger partial charge in [-0.15, -0.1) is 0 Å². The molecule has 0 saturated carbocycles. The number of rotatable bonds is 4. The number of anilines is 3. The van der Waals surface area contributed by atoms with E-state index in [1.807, 2.05) is 6.92 Å². The van der Waals surface area contributed by atoms with Crippen molar-refractivity contribution in [2.45, 2.75) is 6.92 Å². The minimum Gasteiger partial charge on any atom is -0.495 e. The third kappa shape index (κ3) is 2.89. The molecule has 0 atom stereocenters. The van der Waals surface area contributed by atoms with Gasteiger partial charge in [0.05, 0.1) is 19.0 Å². The number of hydrazine groups is 1. The lowest BCUT2D eigenvalue weighted by Crippen LogP contribution is -2.12. The molecule has 1 aromatic heterocycles. The second-order valence-electron chi connectivity index (χ2n) is 3.96. The molecule has 2 rings (SSSR count). The average Bonchev–Trinajstić information content (AvgIpc) is 2.44. The van der Waals surface area contributed by atoms with Crippen LogP contribution in [0.1, 0.15) is 5.56 Å². The predicted octanol–water partition coefficient (Wildman–Crippen LogP) is 2.62. The maximum Gasteiger partial charge on any atom is 0.239 e. The van der Waals surface area contributed by atoms with Crippen molar-refractivity contribution in [2.24, 2.45) is 5.84 Å². The Balaban J connectivity index is 2.41. The van der Waals surface area contributed by atoms with Gasteiger partial charge in [0.25, 0.3) is 0 Å². The Hall–Kier alpha value is -2.12. The lowest BCUT2D eigenvalue weighted by Gasteiger charge is -2.13. The molecule has 0 unspecified atom stereocenters. The summed E-state index contributed by atoms with van der Waals surface area (Å²) in [7, 11) is 1.50. The summed E-state index contributed by atoms with van der Waals surface area (Å²) >= 11 is 6.01. The third-order valence-electron chi connectivity index (χ3n) is 2.61. The molecular weight excluding hydrogens is 285 g/mol. The summed E-state index contributed by atoms with van der Waals surface area (Å²) in [6, 6.07) is 3.37. The highest BCUT2D eigenvalue weighted by atomic mass is 35.5. The lowest BCUT2D eigenvalue weighted by molar-refractivity contribution is 0.416. The number of nitrogens with zero attached hydrogens (tertiary/aromatic N) is 2. The van der Waals surface area contributed by atoms with Gasteiger partial charge in [0.15, 0.2) is 11.6 Å². The van der Waals surface area contributed by atoms with Crippen molar-refractivity contribution < 1.29 is 9.13 Å². The van der Waals surface area contributed by atoms with E-state index in [-0.39, 0.29) is 11.8 Å². The van der Waals surface area contributed by atoms with E-state index >= 15 is 0 Å². The fourth-order valence-corrected chi connectivity index (χ4v) is 1.74. The topological polar surface area (TPSA) is 85.1 Å². The molecule has 0 fully saturated rings. The van der Waals surface area contributed by atoms with Crippen LogP contribution in [0.2, 0.25) is 5.02 Å². The van der Waals surface area contributed by atoms with Crippen molar-refractivity contribution in [3.63, 3.8) is 0 Å². The summed E-state index contributed by atoms with van der Waals surface area (Å²) in [6.45, 7) is 1.83. The van der Waals surface area contributed by atoms with Gasteiger partial charge in [-0.3, -0.25) is 5.43 Å². The molecule has 0 saturated heterocycles. The molecule has 0 aliphatic rings. The summed E-state index contributed by atoms with van der Waals surface area (Å²) in [5, 5.41) is 3.38. The van der Waals surface area contributed by atoms with Crippen LogP contribution in [0.3, 0.4) is 0 Å². The molecule has 2 aromatic rings. The number of nitrogen functional groups attached to an aromatic ring is 1. The molecule has 0 aliphatic carbocycles. The van der Waals surface area contributed by atoms with E-state index in [0.717, 1.165) is 11.8 Å². The van der Waals surface area contributed by atoms with Gasteiger partial charge in [-0.2, -0.15) is 4.98 Å². The molecule has 8 heteroatoms. The van der Waals surface area contributed by atoms with Crippen molar-refractivity contribution in [1.29, 1.82) is 0 Å². The lowest BCUT2D eigenvalue weighted by atomic mass is 10.2. The van der Waals surface area contributed by atoms with E-state index in [0.29, 0.717) is 16.5 Å². The van der Waals surface area contributed by atoms with Crippen LogP contribution in [-0.2, 0) is 0 Å². The van der Waals surface area contributed by atoms with Crippen LogP contribution in [0.5, 0.6) is 5.75 Å². The van der Waals surface area contributed by atoms with Gasteiger partial charge in [0.1, 0.15) is 5.75 Å². The van der Waals surface area contributed by atoms with Crippen LogP contribution in [0, 0.1) is 12.7 Å². The van der Waals surface area contributed by atoms with Crippen LogP contribution in [0.15, 0.2) is 18.3 Å². The second-order valence-corrected chi connectivity index (χ2v) is 4.37. The van der Waals surface area contributed by atoms with E-state index in [9.17, 15) is 4.39 Å². The van der Waals surface area contributed by atoms with Crippen LogP contribution in [-0.4, -0.2) is 17.1 Å². The van der Waals surface area contributed by atoms with Gasteiger partial charge in [-0.1, -0.05) is 11.6 Å². The van der Waals surface area contributed by atoms with Crippen molar-refractivity contribution >= 4 is 29.1 Å². The average molecular weight is 298 g/mol. The SMILES string of the molecule is COc1cc(Cl)c(C)cc1Nc1nc(NN)ncc1F.